The molecule has 0 aliphatic heterocycles. The molecule has 0 amide bonds. The van der Waals surface area contributed by atoms with Crippen LogP contribution in [-0.2, 0) is 0 Å². The third-order valence-electron chi connectivity index (χ3n) is 0.947. The van der Waals surface area contributed by atoms with Crippen LogP contribution in [0.15, 0.2) is 6.07 Å². The van der Waals surface area contributed by atoms with Gasteiger partial charge in [-0.05, 0) is 6.92 Å². The van der Waals surface area contributed by atoms with Crippen LogP contribution in [-0.4, -0.2) is 22.2 Å². The molecule has 0 bridgehead atoms. The van der Waals surface area contributed by atoms with Crippen LogP contribution in [0.2, 0.25) is 0 Å². The largest absolute Gasteiger partial charge is 0.512 e. The van der Waals surface area contributed by atoms with Gasteiger partial charge >= 0.3 is 6.16 Å². The molecule has 1 N–H and O–H groups in total. The summed E-state index contributed by atoms with van der Waals surface area (Å²) in [5, 5.41) is 8.44. The normalized spacial score (nSPS) is 9.42. The SMILES string of the molecule is CCOc1cc(OC(=O)O)sn1. The first-order valence-electron chi connectivity index (χ1n) is 3.22. The van der Waals surface area contributed by atoms with Crippen molar-refractivity contribution in [2.45, 2.75) is 6.92 Å². The smallest absolute Gasteiger partial charge is 0.477 e. The van der Waals surface area contributed by atoms with Crippen LogP contribution in [0.1, 0.15) is 6.92 Å². The molecule has 1 heterocycles. The molecule has 0 saturated carbocycles. The van der Waals surface area contributed by atoms with Crippen molar-refractivity contribution in [3.63, 3.8) is 0 Å². The Balaban J connectivity index is 2.58. The van der Waals surface area contributed by atoms with Gasteiger partial charge in [-0.15, -0.1) is 0 Å². The van der Waals surface area contributed by atoms with Gasteiger partial charge in [0, 0.05) is 11.5 Å². The van der Waals surface area contributed by atoms with Crippen LogP contribution in [0.5, 0.6) is 10.9 Å². The number of hydrogen-bond acceptors (Lipinski definition) is 5. The summed E-state index contributed by atoms with van der Waals surface area (Å²) in [5.41, 5.74) is 0. The van der Waals surface area contributed by atoms with Gasteiger partial charge in [0.1, 0.15) is 0 Å². The summed E-state index contributed by atoms with van der Waals surface area (Å²) in [6.45, 7) is 2.31. The second kappa shape index (κ2) is 3.91. The molecule has 6 heteroatoms. The van der Waals surface area contributed by atoms with E-state index in [4.69, 9.17) is 9.84 Å². The van der Waals surface area contributed by atoms with Crippen molar-refractivity contribution in [2.75, 3.05) is 6.61 Å². The molecule has 0 aromatic carbocycles. The van der Waals surface area contributed by atoms with Gasteiger partial charge in [0.25, 0.3) is 0 Å². The van der Waals surface area contributed by atoms with Gasteiger partial charge in [0.05, 0.1) is 12.7 Å². The number of carboxylic acid groups (broad SMARTS) is 1. The van der Waals surface area contributed by atoms with E-state index in [9.17, 15) is 4.79 Å². The van der Waals surface area contributed by atoms with E-state index in [1.54, 1.807) is 0 Å². The van der Waals surface area contributed by atoms with Gasteiger partial charge in [-0.2, -0.15) is 4.37 Å². The molecule has 0 aliphatic carbocycles. The van der Waals surface area contributed by atoms with Crippen molar-refractivity contribution < 1.29 is 19.4 Å². The van der Waals surface area contributed by atoms with E-state index in [1.807, 2.05) is 6.92 Å². The summed E-state index contributed by atoms with van der Waals surface area (Å²) in [4.78, 5) is 10.1. The zero-order valence-electron chi connectivity index (χ0n) is 6.31. The average Bonchev–Trinajstić information content (AvgIpc) is 2.36. The van der Waals surface area contributed by atoms with E-state index >= 15 is 0 Å². The summed E-state index contributed by atoms with van der Waals surface area (Å²) in [6.07, 6.45) is -1.35. The number of aromatic nitrogens is 1. The van der Waals surface area contributed by atoms with Crippen molar-refractivity contribution in [1.82, 2.24) is 4.37 Å². The van der Waals surface area contributed by atoms with Crippen molar-refractivity contribution in [2.24, 2.45) is 0 Å². The van der Waals surface area contributed by atoms with E-state index in [0.29, 0.717) is 12.5 Å². The molecule has 1 rings (SSSR count). The highest BCUT2D eigenvalue weighted by molar-refractivity contribution is 7.08. The molecule has 0 fully saturated rings. The molecule has 5 nitrogen and oxygen atoms in total. The highest BCUT2D eigenvalue weighted by Gasteiger charge is 2.06. The van der Waals surface area contributed by atoms with E-state index in [1.165, 1.54) is 6.07 Å². The third-order valence-corrected chi connectivity index (χ3v) is 1.60. The van der Waals surface area contributed by atoms with Crippen molar-refractivity contribution in [1.29, 1.82) is 0 Å². The Hall–Kier alpha value is -1.30. The van der Waals surface area contributed by atoms with E-state index < -0.39 is 6.16 Å². The Kier molecular flexibility index (Phi) is 2.87. The molecular formula is C6H7NO4S. The number of carbonyl (C=O) groups is 1. The zero-order chi connectivity index (χ0) is 8.97. The molecule has 0 atom stereocenters. The maximum absolute atomic E-state index is 10.1. The summed E-state index contributed by atoms with van der Waals surface area (Å²) < 4.78 is 13.1. The summed E-state index contributed by atoms with van der Waals surface area (Å²) >= 11 is 0.940. The Labute approximate surface area is 72.7 Å². The fourth-order valence-electron chi connectivity index (χ4n) is 0.594. The molecule has 0 spiro atoms. The van der Waals surface area contributed by atoms with E-state index in [-0.39, 0.29) is 5.06 Å². The minimum absolute atomic E-state index is 0.214. The topological polar surface area (TPSA) is 68.7 Å². The predicted molar refractivity (Wildman–Crippen MR) is 41.9 cm³/mol. The third kappa shape index (κ3) is 2.39. The molecule has 1 aromatic rings. The van der Waals surface area contributed by atoms with Gasteiger partial charge in [-0.1, -0.05) is 0 Å². The van der Waals surface area contributed by atoms with Crippen molar-refractivity contribution >= 4 is 17.7 Å². The number of hydrogen-bond donors (Lipinski definition) is 1. The van der Waals surface area contributed by atoms with Crippen molar-refractivity contribution in [3.05, 3.63) is 6.07 Å². The Bertz CT molecular complexity index is 272. The Morgan fingerprint density at radius 1 is 1.83 bits per heavy atom. The Morgan fingerprint density at radius 2 is 2.58 bits per heavy atom. The standard InChI is InChI=1S/C6H7NO4S/c1-2-10-4-3-5(12-7-4)11-6(8)9/h3H,2H2,1H3,(H,8,9). The second-order valence-corrected chi connectivity index (χ2v) is 2.55. The summed E-state index contributed by atoms with van der Waals surface area (Å²) in [7, 11) is 0. The first-order valence-corrected chi connectivity index (χ1v) is 4.00. The highest BCUT2D eigenvalue weighted by atomic mass is 32.1. The lowest BCUT2D eigenvalue weighted by Gasteiger charge is -1.93. The fourth-order valence-corrected chi connectivity index (χ4v) is 1.14. The number of rotatable bonds is 3. The first kappa shape index (κ1) is 8.79. The molecule has 66 valence electrons. The van der Waals surface area contributed by atoms with Crippen LogP contribution in [0.4, 0.5) is 4.79 Å². The van der Waals surface area contributed by atoms with Crippen LogP contribution >= 0.6 is 11.5 Å². The molecule has 12 heavy (non-hydrogen) atoms. The maximum Gasteiger partial charge on any atom is 0.512 e. The monoisotopic (exact) mass is 189 g/mol. The molecule has 0 aliphatic rings. The lowest BCUT2D eigenvalue weighted by molar-refractivity contribution is 0.146. The predicted octanol–water partition coefficient (Wildman–Crippen LogP) is 1.60. The van der Waals surface area contributed by atoms with Crippen LogP contribution in [0.25, 0.3) is 0 Å². The second-order valence-electron chi connectivity index (χ2n) is 1.79. The molecule has 0 saturated heterocycles. The van der Waals surface area contributed by atoms with Crippen LogP contribution in [0.3, 0.4) is 0 Å². The quantitative estimate of drug-likeness (QED) is 0.731. The van der Waals surface area contributed by atoms with Gasteiger partial charge in [-0.25, -0.2) is 4.79 Å². The fraction of sp³-hybridized carbons (Fsp3) is 0.333. The molecular weight excluding hydrogens is 182 g/mol. The summed E-state index contributed by atoms with van der Waals surface area (Å²) in [5.74, 6) is 0.388. The van der Waals surface area contributed by atoms with E-state index in [0.717, 1.165) is 11.5 Å². The van der Waals surface area contributed by atoms with Gasteiger partial charge in [0.2, 0.25) is 10.9 Å². The molecule has 1 aromatic heterocycles. The van der Waals surface area contributed by atoms with E-state index in [2.05, 4.69) is 9.11 Å². The van der Waals surface area contributed by atoms with Gasteiger partial charge in [-0.3, -0.25) is 0 Å². The Morgan fingerprint density at radius 3 is 3.17 bits per heavy atom. The lowest BCUT2D eigenvalue weighted by Crippen LogP contribution is -2.00. The number of nitrogens with zero attached hydrogens (tertiary/aromatic N) is 1. The zero-order valence-corrected chi connectivity index (χ0v) is 7.13. The number of ether oxygens (including phenoxy) is 2. The van der Waals surface area contributed by atoms with Crippen LogP contribution < -0.4 is 9.47 Å². The maximum atomic E-state index is 10.1. The molecule has 0 unspecified atom stereocenters. The van der Waals surface area contributed by atoms with Crippen LogP contribution in [0, 0.1) is 0 Å². The average molecular weight is 189 g/mol. The van der Waals surface area contributed by atoms with Gasteiger partial charge in [0.15, 0.2) is 0 Å². The minimum Gasteiger partial charge on any atom is -0.477 e. The summed E-state index contributed by atoms with van der Waals surface area (Å²) in [6, 6.07) is 1.43. The minimum atomic E-state index is -1.35. The lowest BCUT2D eigenvalue weighted by atomic mass is 10.7. The first-order chi connectivity index (χ1) is 5.72. The molecule has 0 radical (unpaired) electrons. The van der Waals surface area contributed by atoms with Gasteiger partial charge < -0.3 is 14.6 Å². The van der Waals surface area contributed by atoms with Crippen molar-refractivity contribution in [3.8, 4) is 10.9 Å². The highest BCUT2D eigenvalue weighted by Crippen LogP contribution is 2.24.